The lowest BCUT2D eigenvalue weighted by Crippen LogP contribution is -2.43. The highest BCUT2D eigenvalue weighted by Crippen LogP contribution is 2.47. The Morgan fingerprint density at radius 2 is 2.16 bits per heavy atom. The fourth-order valence-corrected chi connectivity index (χ4v) is 5.93. The largest absolute Gasteiger partial charge is 0.401 e. The van der Waals surface area contributed by atoms with Crippen molar-refractivity contribution < 1.29 is 4.43 Å². The molecule has 2 heterocycles. The van der Waals surface area contributed by atoms with E-state index in [-0.39, 0.29) is 11.1 Å². The lowest BCUT2D eigenvalue weighted by Gasteiger charge is -2.38. The molecule has 0 saturated carbocycles. The Morgan fingerprint density at radius 1 is 1.44 bits per heavy atom. The monoisotopic (exact) mass is 393 g/mol. The molecule has 0 N–H and O–H groups in total. The van der Waals surface area contributed by atoms with Gasteiger partial charge >= 0.3 is 0 Å². The fourth-order valence-electron chi connectivity index (χ4n) is 3.19. The second-order valence-corrected chi connectivity index (χ2v) is 14.4. The van der Waals surface area contributed by atoms with Gasteiger partial charge in [-0.15, -0.1) is 11.3 Å². The Morgan fingerprint density at radius 3 is 2.80 bits per heavy atom. The van der Waals surface area contributed by atoms with E-state index < -0.39 is 8.32 Å². The van der Waals surface area contributed by atoms with Crippen molar-refractivity contribution in [1.82, 2.24) is 9.97 Å². The average molecular weight is 394 g/mol. The SMILES string of the molecule is CC(C)(C)[Si](C)(C)OC(C#N)C[C@H]1CCc2sc3ncnc(Cl)c3c21. The maximum absolute atomic E-state index is 9.68. The summed E-state index contributed by atoms with van der Waals surface area (Å²) < 4.78 is 6.36. The van der Waals surface area contributed by atoms with Crippen LogP contribution < -0.4 is 0 Å². The van der Waals surface area contributed by atoms with E-state index in [0.717, 1.165) is 23.1 Å². The lowest BCUT2D eigenvalue weighted by atomic mass is 9.95. The number of aromatic nitrogens is 2. The Balaban J connectivity index is 1.86. The molecule has 2 aromatic rings. The first-order valence-electron chi connectivity index (χ1n) is 8.63. The summed E-state index contributed by atoms with van der Waals surface area (Å²) in [5, 5.41) is 11.3. The van der Waals surface area contributed by atoms with Crippen molar-refractivity contribution in [1.29, 1.82) is 5.26 Å². The maximum Gasteiger partial charge on any atom is 0.193 e. The highest BCUT2D eigenvalue weighted by molar-refractivity contribution is 7.19. The van der Waals surface area contributed by atoms with Gasteiger partial charge in [-0.1, -0.05) is 32.4 Å². The van der Waals surface area contributed by atoms with E-state index in [1.807, 2.05) is 0 Å². The van der Waals surface area contributed by atoms with Crippen LogP contribution in [0.3, 0.4) is 0 Å². The Kier molecular flexibility index (Phi) is 4.97. The molecule has 1 unspecified atom stereocenters. The molecule has 0 spiro atoms. The predicted molar refractivity (Wildman–Crippen MR) is 106 cm³/mol. The van der Waals surface area contributed by atoms with Gasteiger partial charge in [-0.25, -0.2) is 9.97 Å². The van der Waals surface area contributed by atoms with Gasteiger partial charge in [0.1, 0.15) is 22.4 Å². The first kappa shape index (κ1) is 18.8. The third kappa shape index (κ3) is 3.48. The van der Waals surface area contributed by atoms with Crippen molar-refractivity contribution in [3.8, 4) is 6.07 Å². The zero-order valence-electron chi connectivity index (χ0n) is 15.4. The van der Waals surface area contributed by atoms with Crippen LogP contribution in [0.4, 0.5) is 0 Å². The molecule has 0 saturated heterocycles. The highest BCUT2D eigenvalue weighted by atomic mass is 35.5. The number of hydrogen-bond donors (Lipinski definition) is 0. The first-order chi connectivity index (χ1) is 11.6. The molecule has 4 nitrogen and oxygen atoms in total. The third-order valence-corrected chi connectivity index (χ3v) is 11.5. The normalized spacial score (nSPS) is 19.0. The summed E-state index contributed by atoms with van der Waals surface area (Å²) in [7, 11) is -1.97. The summed E-state index contributed by atoms with van der Waals surface area (Å²) in [4.78, 5) is 10.8. The third-order valence-electron chi connectivity index (χ3n) is 5.57. The van der Waals surface area contributed by atoms with Crippen LogP contribution in [0.2, 0.25) is 23.3 Å². The molecule has 0 radical (unpaired) electrons. The van der Waals surface area contributed by atoms with Crippen LogP contribution in [-0.4, -0.2) is 24.4 Å². The van der Waals surface area contributed by atoms with Gasteiger partial charge in [-0.05, 0) is 48.9 Å². The minimum Gasteiger partial charge on any atom is -0.401 e. The molecule has 3 rings (SSSR count). The Bertz CT molecular complexity index is 837. The Hall–Kier alpha value is -1.00. The van der Waals surface area contributed by atoms with E-state index in [0.29, 0.717) is 17.5 Å². The predicted octanol–water partition coefficient (Wildman–Crippen LogP) is 5.68. The van der Waals surface area contributed by atoms with Crippen LogP contribution in [0, 0.1) is 11.3 Å². The summed E-state index contributed by atoms with van der Waals surface area (Å²) >= 11 is 8.06. The number of nitriles is 1. The molecule has 25 heavy (non-hydrogen) atoms. The molecular formula is C18H24ClN3OSSi. The molecule has 1 aliphatic carbocycles. The van der Waals surface area contributed by atoms with E-state index in [1.54, 1.807) is 11.3 Å². The van der Waals surface area contributed by atoms with Crippen LogP contribution in [0.1, 0.15) is 50.0 Å². The van der Waals surface area contributed by atoms with Crippen molar-refractivity contribution in [3.63, 3.8) is 0 Å². The summed E-state index contributed by atoms with van der Waals surface area (Å²) in [5.74, 6) is 0.293. The van der Waals surface area contributed by atoms with E-state index >= 15 is 0 Å². The summed E-state index contributed by atoms with van der Waals surface area (Å²) in [6, 6.07) is 2.39. The second-order valence-electron chi connectivity index (χ2n) is 8.25. The summed E-state index contributed by atoms with van der Waals surface area (Å²) in [6.45, 7) is 11.0. The number of nitrogens with zero attached hydrogens (tertiary/aromatic N) is 3. The quantitative estimate of drug-likeness (QED) is 0.495. The van der Waals surface area contributed by atoms with Crippen molar-refractivity contribution in [2.75, 3.05) is 0 Å². The second kappa shape index (κ2) is 6.62. The summed E-state index contributed by atoms with van der Waals surface area (Å²) in [5.41, 5.74) is 1.25. The van der Waals surface area contributed by atoms with E-state index in [4.69, 9.17) is 16.0 Å². The van der Waals surface area contributed by atoms with Crippen LogP contribution >= 0.6 is 22.9 Å². The molecule has 2 atom stereocenters. The molecule has 7 heteroatoms. The lowest BCUT2D eigenvalue weighted by molar-refractivity contribution is 0.211. The number of halogens is 1. The molecule has 0 aliphatic heterocycles. The standard InChI is InChI=1S/C18H24ClN3OSSi/c1-18(2,3)25(4,5)23-12(9-20)8-11-6-7-13-14(11)15-16(19)21-10-22-17(15)24-13/h10-12H,6-8H2,1-5H3/t11-,12?/m1/s1. The number of aryl methyl sites for hydroxylation is 1. The van der Waals surface area contributed by atoms with E-state index in [9.17, 15) is 5.26 Å². The molecule has 1 aliphatic rings. The van der Waals surface area contributed by atoms with E-state index in [1.165, 1.54) is 16.8 Å². The van der Waals surface area contributed by atoms with Gasteiger partial charge in [0.15, 0.2) is 8.32 Å². The van der Waals surface area contributed by atoms with Gasteiger partial charge in [-0.3, -0.25) is 0 Å². The van der Waals surface area contributed by atoms with Gasteiger partial charge in [-0.2, -0.15) is 5.26 Å². The zero-order valence-corrected chi connectivity index (χ0v) is 18.0. The van der Waals surface area contributed by atoms with Gasteiger partial charge in [0.05, 0.1) is 11.5 Å². The Labute approximate surface area is 159 Å². The molecule has 134 valence electrons. The first-order valence-corrected chi connectivity index (χ1v) is 12.7. The van der Waals surface area contributed by atoms with Gasteiger partial charge in [0, 0.05) is 4.88 Å². The van der Waals surface area contributed by atoms with Crippen LogP contribution in [0.25, 0.3) is 10.2 Å². The fraction of sp³-hybridized carbons (Fsp3) is 0.611. The molecule has 2 aromatic heterocycles. The van der Waals surface area contributed by atoms with Gasteiger partial charge in [0.25, 0.3) is 0 Å². The number of fused-ring (bicyclic) bond motifs is 3. The van der Waals surface area contributed by atoms with Crippen molar-refractivity contribution in [2.24, 2.45) is 0 Å². The molecule has 0 bridgehead atoms. The molecule has 0 amide bonds. The molecule has 0 fully saturated rings. The van der Waals surface area contributed by atoms with Gasteiger partial charge in [0.2, 0.25) is 0 Å². The topological polar surface area (TPSA) is 58.8 Å². The average Bonchev–Trinajstić information content (AvgIpc) is 3.05. The minimum absolute atomic E-state index is 0.0924. The van der Waals surface area contributed by atoms with Gasteiger partial charge < -0.3 is 4.43 Å². The van der Waals surface area contributed by atoms with Crippen LogP contribution in [0.15, 0.2) is 6.33 Å². The smallest absolute Gasteiger partial charge is 0.193 e. The maximum atomic E-state index is 9.68. The van der Waals surface area contributed by atoms with E-state index in [2.05, 4.69) is 49.9 Å². The number of thiophene rings is 1. The summed E-state index contributed by atoms with van der Waals surface area (Å²) in [6.07, 6.45) is 3.92. The molecular weight excluding hydrogens is 370 g/mol. The number of hydrogen-bond acceptors (Lipinski definition) is 5. The molecule has 0 aromatic carbocycles. The minimum atomic E-state index is -1.97. The van der Waals surface area contributed by atoms with Crippen LogP contribution in [0.5, 0.6) is 0 Å². The van der Waals surface area contributed by atoms with Crippen LogP contribution in [-0.2, 0) is 10.8 Å². The van der Waals surface area contributed by atoms with Crippen molar-refractivity contribution in [2.45, 2.75) is 70.2 Å². The van der Waals surface area contributed by atoms with Crippen molar-refractivity contribution in [3.05, 3.63) is 21.9 Å². The zero-order chi connectivity index (χ0) is 18.4. The highest BCUT2D eigenvalue weighted by Gasteiger charge is 2.40. The number of rotatable bonds is 4. The van der Waals surface area contributed by atoms with Crippen molar-refractivity contribution >= 4 is 41.5 Å².